The molecule has 1 aromatic rings. The van der Waals surface area contributed by atoms with Crippen LogP contribution in [0, 0.1) is 0 Å². The normalized spacial score (nSPS) is 12.9. The summed E-state index contributed by atoms with van der Waals surface area (Å²) in [5.41, 5.74) is 0.999. The molecule has 0 aliphatic heterocycles. The first-order valence-electron chi connectivity index (χ1n) is 5.53. The molecule has 1 rings (SSSR count). The number of thiazole rings is 1. The molecule has 1 N–H and O–H groups in total. The highest BCUT2D eigenvalue weighted by atomic mass is 32.1. The number of rotatable bonds is 8. The second-order valence-electron chi connectivity index (χ2n) is 3.54. The minimum atomic E-state index is 0.120. The predicted molar refractivity (Wildman–Crippen MR) is 65.6 cm³/mol. The number of ether oxygens (including phenoxy) is 2. The van der Waals surface area contributed by atoms with Crippen molar-refractivity contribution < 1.29 is 9.47 Å². The summed E-state index contributed by atoms with van der Waals surface area (Å²) in [6, 6.07) is 0. The Morgan fingerprint density at radius 2 is 2.38 bits per heavy atom. The predicted octanol–water partition coefficient (Wildman–Crippen LogP) is 1.80. The molecule has 1 heterocycles. The van der Waals surface area contributed by atoms with Gasteiger partial charge < -0.3 is 14.8 Å². The van der Waals surface area contributed by atoms with Crippen LogP contribution in [0.15, 0.2) is 5.38 Å². The Kier molecular flexibility index (Phi) is 6.56. The molecule has 5 heteroatoms. The molecule has 1 atom stereocenters. The zero-order chi connectivity index (χ0) is 11.8. The molecule has 0 bridgehead atoms. The smallest absolute Gasteiger partial charge is 0.107 e. The van der Waals surface area contributed by atoms with Gasteiger partial charge in [0.15, 0.2) is 0 Å². The van der Waals surface area contributed by atoms with Crippen LogP contribution in [-0.4, -0.2) is 31.3 Å². The maximum absolute atomic E-state index is 5.62. The number of hydrogen-bond acceptors (Lipinski definition) is 5. The lowest BCUT2D eigenvalue weighted by Crippen LogP contribution is -2.16. The number of hydrogen-bond donors (Lipinski definition) is 1. The van der Waals surface area contributed by atoms with Gasteiger partial charge in [-0.2, -0.15) is 0 Å². The molecule has 0 saturated carbocycles. The Morgan fingerprint density at radius 3 is 3.06 bits per heavy atom. The third-order valence-electron chi connectivity index (χ3n) is 2.00. The molecule has 0 saturated heterocycles. The van der Waals surface area contributed by atoms with Crippen molar-refractivity contribution in [1.29, 1.82) is 0 Å². The summed E-state index contributed by atoms with van der Waals surface area (Å²) < 4.78 is 10.9. The second kappa shape index (κ2) is 7.73. The molecule has 0 aliphatic carbocycles. The van der Waals surface area contributed by atoms with Crippen molar-refractivity contribution in [3.8, 4) is 0 Å². The molecule has 1 unspecified atom stereocenters. The van der Waals surface area contributed by atoms with E-state index in [1.54, 1.807) is 11.3 Å². The fraction of sp³-hybridized carbons (Fsp3) is 0.727. The van der Waals surface area contributed by atoms with Crippen LogP contribution in [0.5, 0.6) is 0 Å². The summed E-state index contributed by atoms with van der Waals surface area (Å²) >= 11 is 1.66. The molecule has 0 spiro atoms. The van der Waals surface area contributed by atoms with E-state index in [1.807, 2.05) is 26.3 Å². The van der Waals surface area contributed by atoms with Crippen molar-refractivity contribution in [3.63, 3.8) is 0 Å². The summed E-state index contributed by atoms with van der Waals surface area (Å²) in [4.78, 5) is 4.44. The molecule has 0 amide bonds. The van der Waals surface area contributed by atoms with Crippen molar-refractivity contribution in [3.05, 3.63) is 16.1 Å². The van der Waals surface area contributed by atoms with Gasteiger partial charge >= 0.3 is 0 Å². The van der Waals surface area contributed by atoms with Crippen molar-refractivity contribution in [2.24, 2.45) is 0 Å². The molecule has 0 aliphatic rings. The Labute approximate surface area is 101 Å². The lowest BCUT2D eigenvalue weighted by molar-refractivity contribution is -0.0126. The van der Waals surface area contributed by atoms with Crippen molar-refractivity contribution >= 4 is 11.3 Å². The van der Waals surface area contributed by atoms with Crippen LogP contribution < -0.4 is 5.32 Å². The van der Waals surface area contributed by atoms with E-state index in [-0.39, 0.29) is 6.10 Å². The van der Waals surface area contributed by atoms with Gasteiger partial charge in [-0.15, -0.1) is 11.3 Å². The van der Waals surface area contributed by atoms with Crippen LogP contribution >= 0.6 is 11.3 Å². The third-order valence-corrected chi connectivity index (χ3v) is 2.90. The lowest BCUT2D eigenvalue weighted by atomic mass is 10.4. The van der Waals surface area contributed by atoms with Crippen LogP contribution in [-0.2, 0) is 22.6 Å². The summed E-state index contributed by atoms with van der Waals surface area (Å²) in [6.45, 7) is 6.75. The van der Waals surface area contributed by atoms with E-state index in [9.17, 15) is 0 Å². The van der Waals surface area contributed by atoms with E-state index in [0.29, 0.717) is 13.2 Å². The lowest BCUT2D eigenvalue weighted by Gasteiger charge is -2.11. The van der Waals surface area contributed by atoms with Gasteiger partial charge in [0, 0.05) is 18.5 Å². The highest BCUT2D eigenvalue weighted by Gasteiger charge is 2.05. The SMILES string of the molecule is CCOCC(C)OCc1csc(CNC)n1. The van der Waals surface area contributed by atoms with E-state index in [1.165, 1.54) is 0 Å². The van der Waals surface area contributed by atoms with Gasteiger partial charge in [-0.1, -0.05) is 0 Å². The van der Waals surface area contributed by atoms with Crippen LogP contribution in [0.25, 0.3) is 0 Å². The third kappa shape index (κ3) is 5.03. The van der Waals surface area contributed by atoms with Crippen LogP contribution in [0.1, 0.15) is 24.5 Å². The van der Waals surface area contributed by atoms with Gasteiger partial charge in [0.2, 0.25) is 0 Å². The molecule has 0 radical (unpaired) electrons. The van der Waals surface area contributed by atoms with E-state index in [2.05, 4.69) is 10.3 Å². The zero-order valence-electron chi connectivity index (χ0n) is 10.2. The fourth-order valence-electron chi connectivity index (χ4n) is 1.21. The largest absolute Gasteiger partial charge is 0.379 e. The highest BCUT2D eigenvalue weighted by Crippen LogP contribution is 2.11. The summed E-state index contributed by atoms with van der Waals surface area (Å²) in [6.07, 6.45) is 0.120. The van der Waals surface area contributed by atoms with Gasteiger partial charge in [0.1, 0.15) is 5.01 Å². The average Bonchev–Trinajstić information content (AvgIpc) is 2.72. The summed E-state index contributed by atoms with van der Waals surface area (Å²) in [5.74, 6) is 0. The van der Waals surface area contributed by atoms with Gasteiger partial charge in [0.05, 0.1) is 25.0 Å². The second-order valence-corrected chi connectivity index (χ2v) is 4.49. The first-order chi connectivity index (χ1) is 7.76. The average molecular weight is 244 g/mol. The molecule has 92 valence electrons. The standard InChI is InChI=1S/C11H20N2O2S/c1-4-14-6-9(2)15-7-10-8-16-11(13-10)5-12-3/h8-9,12H,4-7H2,1-3H3. The van der Waals surface area contributed by atoms with Crippen LogP contribution in [0.3, 0.4) is 0 Å². The Bertz CT molecular complexity index is 291. The molecular formula is C11H20N2O2S. The maximum Gasteiger partial charge on any atom is 0.107 e. The molecule has 0 fully saturated rings. The van der Waals surface area contributed by atoms with Gasteiger partial charge in [-0.05, 0) is 20.9 Å². The molecule has 1 aromatic heterocycles. The highest BCUT2D eigenvalue weighted by molar-refractivity contribution is 7.09. The zero-order valence-corrected chi connectivity index (χ0v) is 11.0. The monoisotopic (exact) mass is 244 g/mol. The first kappa shape index (κ1) is 13.6. The Hall–Kier alpha value is -0.490. The molecule has 0 aromatic carbocycles. The fourth-order valence-corrected chi connectivity index (χ4v) is 2.00. The van der Waals surface area contributed by atoms with Crippen molar-refractivity contribution in [2.45, 2.75) is 33.1 Å². The summed E-state index contributed by atoms with van der Waals surface area (Å²) in [5, 5.41) is 6.21. The Morgan fingerprint density at radius 1 is 1.56 bits per heavy atom. The number of aromatic nitrogens is 1. The van der Waals surface area contributed by atoms with Crippen molar-refractivity contribution in [2.75, 3.05) is 20.3 Å². The molecule has 16 heavy (non-hydrogen) atoms. The van der Waals surface area contributed by atoms with E-state index >= 15 is 0 Å². The number of nitrogens with one attached hydrogen (secondary N) is 1. The van der Waals surface area contributed by atoms with Gasteiger partial charge in [-0.3, -0.25) is 0 Å². The quantitative estimate of drug-likeness (QED) is 0.757. The van der Waals surface area contributed by atoms with Gasteiger partial charge in [0.25, 0.3) is 0 Å². The maximum atomic E-state index is 5.62. The van der Waals surface area contributed by atoms with E-state index in [0.717, 1.165) is 23.9 Å². The van der Waals surface area contributed by atoms with Crippen molar-refractivity contribution in [1.82, 2.24) is 10.3 Å². The molecular weight excluding hydrogens is 224 g/mol. The van der Waals surface area contributed by atoms with Crippen LogP contribution in [0.2, 0.25) is 0 Å². The number of nitrogens with zero attached hydrogens (tertiary/aromatic N) is 1. The minimum Gasteiger partial charge on any atom is -0.379 e. The first-order valence-corrected chi connectivity index (χ1v) is 6.41. The van der Waals surface area contributed by atoms with E-state index < -0.39 is 0 Å². The molecule has 4 nitrogen and oxygen atoms in total. The minimum absolute atomic E-state index is 0.120. The Balaban J connectivity index is 2.25. The van der Waals surface area contributed by atoms with E-state index in [4.69, 9.17) is 9.47 Å². The summed E-state index contributed by atoms with van der Waals surface area (Å²) in [7, 11) is 1.92. The van der Waals surface area contributed by atoms with Gasteiger partial charge in [-0.25, -0.2) is 4.98 Å². The topological polar surface area (TPSA) is 43.4 Å². The van der Waals surface area contributed by atoms with Crippen LogP contribution in [0.4, 0.5) is 0 Å².